The molecule has 70 valence electrons. The molecule has 0 aromatic heterocycles. The van der Waals surface area contributed by atoms with Gasteiger partial charge < -0.3 is 19.6 Å². The molecule has 1 aliphatic carbocycles. The van der Waals surface area contributed by atoms with Gasteiger partial charge in [-0.25, -0.2) is 24.8 Å². The maximum absolute atomic E-state index is 8.93. The minimum Gasteiger partial charge on any atom is -0.419 e. The van der Waals surface area contributed by atoms with Gasteiger partial charge in [-0.2, -0.15) is 6.08 Å². The van der Waals surface area contributed by atoms with Crippen molar-refractivity contribution in [2.24, 2.45) is 0 Å². The standard InChI is InChI=1S/C5H5.C3H3O.2CH3.Pt/c1-2-4-5-3-1;1-2-3-4;;;/h1-3H,4H2;2H,1H2;2*1H3;/q4*-1;+4. The molecule has 0 N–H and O–H groups in total. The molecule has 2 heteroatoms. The molecule has 0 bridgehead atoms. The minimum absolute atomic E-state index is 0. The van der Waals surface area contributed by atoms with Crippen molar-refractivity contribution in [3.63, 3.8) is 0 Å². The Morgan fingerprint density at radius 2 is 2.00 bits per heavy atom. The topological polar surface area (TPSA) is 17.1 Å². The van der Waals surface area contributed by atoms with Gasteiger partial charge in [-0.1, -0.05) is 0 Å². The van der Waals surface area contributed by atoms with E-state index in [1.807, 2.05) is 12.2 Å². The third-order valence-electron chi connectivity index (χ3n) is 0.669. The van der Waals surface area contributed by atoms with E-state index < -0.39 is 0 Å². The van der Waals surface area contributed by atoms with Gasteiger partial charge >= 0.3 is 21.1 Å². The zero-order valence-electron chi connectivity index (χ0n) is 7.45. The van der Waals surface area contributed by atoms with Gasteiger partial charge in [-0.15, -0.1) is 6.42 Å². The summed E-state index contributed by atoms with van der Waals surface area (Å²) in [6.07, 6.45) is 12.5. The van der Waals surface area contributed by atoms with Crippen molar-refractivity contribution in [1.82, 2.24) is 0 Å². The normalized spacial score (nSPS) is 9.00. The van der Waals surface area contributed by atoms with Crippen LogP contribution in [0.4, 0.5) is 0 Å². The molecular weight excluding hydrogens is 331 g/mol. The molecule has 0 saturated carbocycles. The molecule has 0 amide bonds. The Bertz CT molecular complexity index is 121. The second-order valence-electron chi connectivity index (χ2n) is 1.33. The maximum Gasteiger partial charge on any atom is 4.00 e. The van der Waals surface area contributed by atoms with Crippen LogP contribution in [0.15, 0.2) is 30.9 Å². The van der Waals surface area contributed by atoms with E-state index in [1.54, 1.807) is 0 Å². The van der Waals surface area contributed by atoms with Gasteiger partial charge in [0, 0.05) is 0 Å². The van der Waals surface area contributed by atoms with Crippen molar-refractivity contribution < 1.29 is 25.9 Å². The van der Waals surface area contributed by atoms with Crippen molar-refractivity contribution in [3.8, 4) is 0 Å². The summed E-state index contributed by atoms with van der Waals surface area (Å²) in [6, 6.07) is 0. The average Bonchev–Trinajstić information content (AvgIpc) is 2.43. The Morgan fingerprint density at radius 3 is 2.08 bits per heavy atom. The van der Waals surface area contributed by atoms with Crippen LogP contribution in [-0.4, -0.2) is 6.29 Å². The number of allylic oxidation sites excluding steroid dienone is 5. The Balaban J connectivity index is -0.0000000436. The fraction of sp³-hybridized carbons (Fsp3) is 0.100. The predicted molar refractivity (Wildman–Crippen MR) is 50.3 cm³/mol. The van der Waals surface area contributed by atoms with Crippen LogP contribution in [0, 0.1) is 20.9 Å². The second-order valence-corrected chi connectivity index (χ2v) is 1.33. The molecule has 1 nitrogen and oxygen atoms in total. The maximum atomic E-state index is 8.93. The van der Waals surface area contributed by atoms with Gasteiger partial charge in [-0.3, -0.25) is 6.08 Å². The van der Waals surface area contributed by atoms with Crippen LogP contribution in [0.2, 0.25) is 0 Å². The first-order chi connectivity index (χ1) is 4.41. The summed E-state index contributed by atoms with van der Waals surface area (Å²) in [5, 5.41) is 0. The summed E-state index contributed by atoms with van der Waals surface area (Å²) in [6.45, 7) is 3.06. The number of hydrogen-bond donors (Lipinski definition) is 0. The van der Waals surface area contributed by atoms with Crippen molar-refractivity contribution >= 4 is 6.29 Å². The Labute approximate surface area is 90.5 Å². The molecule has 0 heterocycles. The fourth-order valence-corrected chi connectivity index (χ4v) is 0.340. The molecule has 12 heavy (non-hydrogen) atoms. The van der Waals surface area contributed by atoms with Crippen LogP contribution >= 0.6 is 0 Å². The molecule has 0 spiro atoms. The van der Waals surface area contributed by atoms with E-state index in [2.05, 4.69) is 18.7 Å². The molecule has 0 fully saturated rings. The molecule has 1 aliphatic rings. The fourth-order valence-electron chi connectivity index (χ4n) is 0.340. The molecule has 1 rings (SSSR count). The smallest absolute Gasteiger partial charge is 0.419 e. The van der Waals surface area contributed by atoms with E-state index in [0.717, 1.165) is 12.5 Å². The molecule has 0 unspecified atom stereocenters. The minimum atomic E-state index is 0. The van der Waals surface area contributed by atoms with Crippen molar-refractivity contribution in [3.05, 3.63) is 51.8 Å². The second kappa shape index (κ2) is 22.4. The molecule has 0 aromatic carbocycles. The first kappa shape index (κ1) is 22.6. The van der Waals surface area contributed by atoms with E-state index in [1.165, 1.54) is 6.29 Å². The predicted octanol–water partition coefficient (Wildman–Crippen LogP) is 2.49. The van der Waals surface area contributed by atoms with Crippen LogP contribution < -0.4 is 0 Å². The molecule has 0 aliphatic heterocycles. The summed E-state index contributed by atoms with van der Waals surface area (Å²) in [7, 11) is 0. The largest absolute Gasteiger partial charge is 4.00 e. The summed E-state index contributed by atoms with van der Waals surface area (Å²) >= 11 is 0. The number of rotatable bonds is 1. The Hall–Kier alpha value is -0.422. The Morgan fingerprint density at radius 1 is 1.50 bits per heavy atom. The average molecular weight is 345 g/mol. The van der Waals surface area contributed by atoms with Crippen molar-refractivity contribution in [2.75, 3.05) is 0 Å². The summed E-state index contributed by atoms with van der Waals surface area (Å²) < 4.78 is 0. The van der Waals surface area contributed by atoms with Crippen LogP contribution in [-0.2, 0) is 25.9 Å². The summed E-state index contributed by atoms with van der Waals surface area (Å²) in [4.78, 5) is 8.93. The van der Waals surface area contributed by atoms with E-state index in [0.29, 0.717) is 0 Å². The number of carbonyl (C=O) groups excluding carboxylic acids is 1. The van der Waals surface area contributed by atoms with Crippen LogP contribution in [0.3, 0.4) is 0 Å². The molecule has 0 aromatic rings. The van der Waals surface area contributed by atoms with Gasteiger partial charge in [0.25, 0.3) is 0 Å². The van der Waals surface area contributed by atoms with Gasteiger partial charge in [0.05, 0.1) is 0 Å². The third-order valence-corrected chi connectivity index (χ3v) is 0.669. The van der Waals surface area contributed by atoms with Gasteiger partial charge in [-0.05, 0) is 6.29 Å². The van der Waals surface area contributed by atoms with Crippen molar-refractivity contribution in [2.45, 2.75) is 6.42 Å². The zero-order chi connectivity index (χ0) is 6.95. The van der Waals surface area contributed by atoms with Gasteiger partial charge in [0.15, 0.2) is 0 Å². The van der Waals surface area contributed by atoms with Crippen molar-refractivity contribution in [1.29, 1.82) is 0 Å². The van der Waals surface area contributed by atoms with E-state index in [9.17, 15) is 0 Å². The van der Waals surface area contributed by atoms with Gasteiger partial charge in [0.1, 0.15) is 0 Å². The van der Waals surface area contributed by atoms with E-state index in [4.69, 9.17) is 4.79 Å². The summed E-state index contributed by atoms with van der Waals surface area (Å²) in [5.41, 5.74) is 0. The van der Waals surface area contributed by atoms with Crippen LogP contribution in [0.5, 0.6) is 0 Å². The monoisotopic (exact) mass is 345 g/mol. The van der Waals surface area contributed by atoms with Crippen LogP contribution in [0.1, 0.15) is 6.42 Å². The van der Waals surface area contributed by atoms with Crippen LogP contribution in [0.25, 0.3) is 0 Å². The SMILES string of the molecule is C=C[C-]=O.[C-]1=CC=CC1.[CH3-].[CH3-].[Pt+4]. The molecule has 0 radical (unpaired) electrons. The van der Waals surface area contributed by atoms with E-state index >= 15 is 0 Å². The molecular formula is C10H14OPt. The molecule has 0 atom stereocenters. The number of hydrogen-bond acceptors (Lipinski definition) is 1. The first-order valence-electron chi connectivity index (χ1n) is 2.62. The van der Waals surface area contributed by atoms with Gasteiger partial charge in [0.2, 0.25) is 0 Å². The summed E-state index contributed by atoms with van der Waals surface area (Å²) in [5.74, 6) is 0. The quantitative estimate of drug-likeness (QED) is 0.527. The zero-order valence-corrected chi connectivity index (χ0v) is 9.72. The first-order valence-corrected chi connectivity index (χ1v) is 2.62. The third kappa shape index (κ3) is 22.7. The Kier molecular flexibility index (Phi) is 42.2. The van der Waals surface area contributed by atoms with E-state index in [-0.39, 0.29) is 35.9 Å². The molecule has 0 saturated heterocycles.